The van der Waals surface area contributed by atoms with Gasteiger partial charge < -0.3 is 10.2 Å². The Morgan fingerprint density at radius 3 is 2.40 bits per heavy atom. The summed E-state index contributed by atoms with van der Waals surface area (Å²) in [7, 11) is 0. The molecule has 1 N–H and O–H groups in total. The quantitative estimate of drug-likeness (QED) is 0.831. The van der Waals surface area contributed by atoms with Gasteiger partial charge in [0.05, 0.1) is 0 Å². The van der Waals surface area contributed by atoms with Crippen molar-refractivity contribution in [3.8, 4) is 0 Å². The van der Waals surface area contributed by atoms with Crippen LogP contribution in [-0.2, 0) is 0 Å². The van der Waals surface area contributed by atoms with Gasteiger partial charge in [-0.25, -0.2) is 0 Å². The van der Waals surface area contributed by atoms with Crippen LogP contribution in [0.1, 0.15) is 64.2 Å². The number of nitrogens with zero attached hydrogens (tertiary/aromatic N) is 1. The summed E-state index contributed by atoms with van der Waals surface area (Å²) in [5, 5.41) is 3.97. The van der Waals surface area contributed by atoms with Gasteiger partial charge in [-0.05, 0) is 56.4 Å². The molecule has 2 aliphatic carbocycles. The lowest BCUT2D eigenvalue weighted by Crippen LogP contribution is -2.47. The third-order valence-electron chi connectivity index (χ3n) is 6.80. The molecule has 4 rings (SSSR count). The summed E-state index contributed by atoms with van der Waals surface area (Å²) in [6, 6.07) is 1.68. The Labute approximate surface area is 124 Å². The third-order valence-corrected chi connectivity index (χ3v) is 6.80. The Morgan fingerprint density at radius 1 is 0.800 bits per heavy atom. The van der Waals surface area contributed by atoms with Gasteiger partial charge >= 0.3 is 0 Å². The van der Waals surface area contributed by atoms with Gasteiger partial charge in [0.15, 0.2) is 0 Å². The van der Waals surface area contributed by atoms with E-state index in [4.69, 9.17) is 0 Å². The lowest BCUT2D eigenvalue weighted by molar-refractivity contribution is 0.0808. The molecule has 2 nitrogen and oxygen atoms in total. The Balaban J connectivity index is 1.29. The second-order valence-electron chi connectivity index (χ2n) is 8.10. The van der Waals surface area contributed by atoms with Crippen LogP contribution in [0.2, 0.25) is 0 Å². The van der Waals surface area contributed by atoms with E-state index in [9.17, 15) is 0 Å². The zero-order valence-corrected chi connectivity index (χ0v) is 13.0. The lowest BCUT2D eigenvalue weighted by Gasteiger charge is -2.42. The molecule has 0 radical (unpaired) electrons. The van der Waals surface area contributed by atoms with E-state index in [2.05, 4.69) is 10.2 Å². The summed E-state index contributed by atoms with van der Waals surface area (Å²) in [6.45, 7) is 4.14. The first-order valence-corrected chi connectivity index (χ1v) is 9.37. The van der Waals surface area contributed by atoms with E-state index in [0.717, 1.165) is 29.8 Å². The summed E-state index contributed by atoms with van der Waals surface area (Å²) < 4.78 is 0. The summed E-state index contributed by atoms with van der Waals surface area (Å²) in [4.78, 5) is 2.81. The normalized spacial score (nSPS) is 45.9. The molecule has 114 valence electrons. The van der Waals surface area contributed by atoms with Gasteiger partial charge in [0.25, 0.3) is 0 Å². The molecule has 2 heteroatoms. The van der Waals surface area contributed by atoms with E-state index in [1.807, 2.05) is 0 Å². The molecule has 0 bridgehead atoms. The van der Waals surface area contributed by atoms with Crippen molar-refractivity contribution < 1.29 is 0 Å². The highest BCUT2D eigenvalue weighted by Gasteiger charge is 2.37. The van der Waals surface area contributed by atoms with Crippen LogP contribution >= 0.6 is 0 Å². The van der Waals surface area contributed by atoms with Crippen molar-refractivity contribution in [1.29, 1.82) is 0 Å². The van der Waals surface area contributed by atoms with Crippen LogP contribution in [0.4, 0.5) is 0 Å². The summed E-state index contributed by atoms with van der Waals surface area (Å²) in [5.41, 5.74) is 0. The van der Waals surface area contributed by atoms with Crippen LogP contribution in [0.3, 0.4) is 0 Å². The molecule has 5 unspecified atom stereocenters. The van der Waals surface area contributed by atoms with E-state index in [1.165, 1.54) is 83.8 Å². The van der Waals surface area contributed by atoms with Crippen LogP contribution in [0, 0.1) is 17.8 Å². The molecule has 2 saturated heterocycles. The van der Waals surface area contributed by atoms with Gasteiger partial charge in [-0.2, -0.15) is 0 Å². The summed E-state index contributed by atoms with van der Waals surface area (Å²) in [5.74, 6) is 3.14. The van der Waals surface area contributed by atoms with Crippen molar-refractivity contribution >= 4 is 0 Å². The standard InChI is InChI=1S/C18H32N2/c1-2-7-16-12-20(10-9-14(16)5-1)13-17-11-15-6-3-4-8-18(15)19-17/h14-19H,1-13H2. The van der Waals surface area contributed by atoms with Crippen LogP contribution < -0.4 is 5.32 Å². The monoisotopic (exact) mass is 276 g/mol. The fourth-order valence-corrected chi connectivity index (χ4v) is 5.73. The van der Waals surface area contributed by atoms with Gasteiger partial charge in [0.2, 0.25) is 0 Å². The first-order chi connectivity index (χ1) is 9.88. The van der Waals surface area contributed by atoms with E-state index in [-0.39, 0.29) is 0 Å². The summed E-state index contributed by atoms with van der Waals surface area (Å²) >= 11 is 0. The molecule has 0 spiro atoms. The van der Waals surface area contributed by atoms with Crippen molar-refractivity contribution in [3.63, 3.8) is 0 Å². The van der Waals surface area contributed by atoms with Crippen molar-refractivity contribution in [3.05, 3.63) is 0 Å². The maximum atomic E-state index is 3.97. The van der Waals surface area contributed by atoms with Crippen molar-refractivity contribution in [2.45, 2.75) is 76.3 Å². The topological polar surface area (TPSA) is 15.3 Å². The molecule has 0 aromatic rings. The number of hydrogen-bond donors (Lipinski definition) is 1. The van der Waals surface area contributed by atoms with Gasteiger partial charge in [-0.3, -0.25) is 0 Å². The SMILES string of the molecule is C1CCC2CN(CC3CC4CCCCC4N3)CCC2C1. The Hall–Kier alpha value is -0.0800. The van der Waals surface area contributed by atoms with Crippen molar-refractivity contribution in [2.24, 2.45) is 17.8 Å². The molecule has 4 aliphatic rings. The maximum Gasteiger partial charge on any atom is 0.0200 e. The molecule has 2 saturated carbocycles. The first kappa shape index (κ1) is 13.6. The molecule has 2 heterocycles. The zero-order valence-electron chi connectivity index (χ0n) is 13.0. The van der Waals surface area contributed by atoms with E-state index < -0.39 is 0 Å². The van der Waals surface area contributed by atoms with Crippen LogP contribution in [0.25, 0.3) is 0 Å². The highest BCUT2D eigenvalue weighted by molar-refractivity contribution is 4.95. The molecule has 4 fully saturated rings. The minimum absolute atomic E-state index is 0.809. The average Bonchev–Trinajstić information content (AvgIpc) is 2.89. The van der Waals surface area contributed by atoms with E-state index in [0.29, 0.717) is 0 Å². The Morgan fingerprint density at radius 2 is 1.55 bits per heavy atom. The second-order valence-corrected chi connectivity index (χ2v) is 8.10. The minimum atomic E-state index is 0.809. The second kappa shape index (κ2) is 5.96. The van der Waals surface area contributed by atoms with Crippen LogP contribution in [0.5, 0.6) is 0 Å². The molecule has 20 heavy (non-hydrogen) atoms. The Kier molecular flexibility index (Phi) is 4.05. The first-order valence-electron chi connectivity index (χ1n) is 9.37. The largest absolute Gasteiger partial charge is 0.310 e. The zero-order chi connectivity index (χ0) is 13.4. The number of hydrogen-bond acceptors (Lipinski definition) is 2. The molecule has 5 atom stereocenters. The smallest absolute Gasteiger partial charge is 0.0200 e. The third kappa shape index (κ3) is 2.78. The molecule has 2 aliphatic heterocycles. The number of piperidine rings is 1. The molecule has 0 aromatic carbocycles. The fraction of sp³-hybridized carbons (Fsp3) is 1.00. The Bertz CT molecular complexity index is 315. The molecular weight excluding hydrogens is 244 g/mol. The fourth-order valence-electron chi connectivity index (χ4n) is 5.73. The lowest BCUT2D eigenvalue weighted by atomic mass is 9.75. The minimum Gasteiger partial charge on any atom is -0.310 e. The molecule has 0 aromatic heterocycles. The van der Waals surface area contributed by atoms with Crippen molar-refractivity contribution in [2.75, 3.05) is 19.6 Å². The highest BCUT2D eigenvalue weighted by Crippen LogP contribution is 2.37. The van der Waals surface area contributed by atoms with Crippen LogP contribution in [-0.4, -0.2) is 36.6 Å². The van der Waals surface area contributed by atoms with Gasteiger partial charge in [0.1, 0.15) is 0 Å². The summed E-state index contributed by atoms with van der Waals surface area (Å²) in [6.07, 6.45) is 14.9. The average molecular weight is 276 g/mol. The van der Waals surface area contributed by atoms with E-state index >= 15 is 0 Å². The number of nitrogens with one attached hydrogen (secondary N) is 1. The van der Waals surface area contributed by atoms with E-state index in [1.54, 1.807) is 0 Å². The maximum absolute atomic E-state index is 3.97. The van der Waals surface area contributed by atoms with Crippen LogP contribution in [0.15, 0.2) is 0 Å². The van der Waals surface area contributed by atoms with Gasteiger partial charge in [-0.15, -0.1) is 0 Å². The number of fused-ring (bicyclic) bond motifs is 2. The van der Waals surface area contributed by atoms with Crippen molar-refractivity contribution in [1.82, 2.24) is 10.2 Å². The highest BCUT2D eigenvalue weighted by atomic mass is 15.2. The molecular formula is C18H32N2. The number of likely N-dealkylation sites (tertiary alicyclic amines) is 1. The number of rotatable bonds is 2. The van der Waals surface area contributed by atoms with Gasteiger partial charge in [-0.1, -0.05) is 32.1 Å². The molecule has 0 amide bonds. The van der Waals surface area contributed by atoms with Gasteiger partial charge in [0, 0.05) is 25.2 Å². The predicted molar refractivity (Wildman–Crippen MR) is 83.8 cm³/mol. The predicted octanol–water partition coefficient (Wildman–Crippen LogP) is 3.42.